The number of nitrogens with zero attached hydrogens (tertiary/aromatic N) is 1. The van der Waals surface area contributed by atoms with Crippen molar-refractivity contribution in [1.29, 1.82) is 0 Å². The van der Waals surface area contributed by atoms with Crippen LogP contribution in [0.3, 0.4) is 0 Å². The third-order valence-electron chi connectivity index (χ3n) is 3.35. The van der Waals surface area contributed by atoms with E-state index >= 15 is 0 Å². The summed E-state index contributed by atoms with van der Waals surface area (Å²) >= 11 is 5.06. The Kier molecular flexibility index (Phi) is 2.78. The van der Waals surface area contributed by atoms with Crippen LogP contribution < -0.4 is 0 Å². The second-order valence-electron chi connectivity index (χ2n) is 4.09. The monoisotopic (exact) mass is 201 g/mol. The molecule has 3 atom stereocenters. The lowest BCUT2D eigenvalue weighted by Crippen LogP contribution is -2.14. The first-order valence-electron chi connectivity index (χ1n) is 4.96. The van der Waals surface area contributed by atoms with Crippen LogP contribution in [0.5, 0.6) is 0 Å². The predicted octanol–water partition coefficient (Wildman–Crippen LogP) is 2.96. The molecule has 1 nitrogen and oxygen atoms in total. The highest BCUT2D eigenvalue weighted by molar-refractivity contribution is 7.95. The molecule has 2 aliphatic rings. The Morgan fingerprint density at radius 1 is 1.25 bits per heavy atom. The number of rotatable bonds is 2. The Bertz CT molecular complexity index is 179. The zero-order valence-electron chi connectivity index (χ0n) is 7.57. The van der Waals surface area contributed by atoms with E-state index in [1.165, 1.54) is 32.1 Å². The molecule has 2 rings (SSSR count). The average molecular weight is 201 g/mol. The van der Waals surface area contributed by atoms with E-state index in [0.29, 0.717) is 0 Å². The Morgan fingerprint density at radius 3 is 2.42 bits per heavy atom. The molecule has 1 saturated carbocycles. The Labute approximate surface area is 81.4 Å². The maximum absolute atomic E-state index is 5.06. The van der Waals surface area contributed by atoms with Crippen LogP contribution in [0.4, 0.5) is 0 Å². The Balaban J connectivity index is 1.88. The second kappa shape index (κ2) is 3.69. The maximum atomic E-state index is 5.06. The van der Waals surface area contributed by atoms with Gasteiger partial charge in [-0.2, -0.15) is 0 Å². The molecule has 12 heavy (non-hydrogen) atoms. The minimum Gasteiger partial charge on any atom is -0.239 e. The van der Waals surface area contributed by atoms with Gasteiger partial charge in [0.15, 0.2) is 0 Å². The molecule has 0 aromatic heterocycles. The van der Waals surface area contributed by atoms with Gasteiger partial charge in [-0.05, 0) is 37.5 Å². The summed E-state index contributed by atoms with van der Waals surface area (Å²) in [6, 6.07) is 1.64. The normalized spacial score (nSPS) is 43.2. The van der Waals surface area contributed by atoms with Crippen molar-refractivity contribution in [3.8, 4) is 0 Å². The van der Waals surface area contributed by atoms with Crippen molar-refractivity contribution in [2.75, 3.05) is 0 Å². The Morgan fingerprint density at radius 2 is 1.92 bits per heavy atom. The molecule has 0 N–H and O–H groups in total. The topological polar surface area (TPSA) is 3.01 Å². The van der Waals surface area contributed by atoms with Crippen LogP contribution in [0.2, 0.25) is 0 Å². The van der Waals surface area contributed by atoms with Crippen molar-refractivity contribution in [2.24, 2.45) is 5.92 Å². The lowest BCUT2D eigenvalue weighted by molar-refractivity contribution is 0.338. The van der Waals surface area contributed by atoms with Crippen molar-refractivity contribution >= 4 is 19.3 Å². The smallest absolute Gasteiger partial charge is 0.0621 e. The van der Waals surface area contributed by atoms with E-state index < -0.39 is 0 Å². The molecule has 1 aliphatic carbocycles. The summed E-state index contributed by atoms with van der Waals surface area (Å²) < 4.78 is 2.44. The van der Waals surface area contributed by atoms with Gasteiger partial charge >= 0.3 is 0 Å². The first-order chi connectivity index (χ1) is 5.84. The van der Waals surface area contributed by atoms with Gasteiger partial charge in [0, 0.05) is 12.1 Å². The molecule has 2 fully saturated rings. The first-order valence-corrected chi connectivity index (χ1v) is 6.82. The maximum Gasteiger partial charge on any atom is 0.0621 e. The molecule has 3 heteroatoms. The first kappa shape index (κ1) is 9.05. The van der Waals surface area contributed by atoms with E-state index in [-0.39, 0.29) is 0 Å². The lowest BCUT2D eigenvalue weighted by atomic mass is 9.86. The SMILES string of the molecule is CC1C(C2CCCCC2)N1P=S. The summed E-state index contributed by atoms with van der Waals surface area (Å²) in [7, 11) is 1.07. The van der Waals surface area contributed by atoms with Crippen LogP contribution in [0.15, 0.2) is 0 Å². The summed E-state index contributed by atoms with van der Waals surface area (Å²) in [5, 5.41) is 0. The van der Waals surface area contributed by atoms with Crippen LogP contribution in [-0.4, -0.2) is 16.8 Å². The van der Waals surface area contributed by atoms with E-state index in [2.05, 4.69) is 11.6 Å². The lowest BCUT2D eigenvalue weighted by Gasteiger charge is -2.20. The van der Waals surface area contributed by atoms with Crippen LogP contribution in [0.1, 0.15) is 39.0 Å². The van der Waals surface area contributed by atoms with E-state index in [0.717, 1.165) is 25.5 Å². The molecular formula is C9H16NPS. The van der Waals surface area contributed by atoms with Gasteiger partial charge in [0.05, 0.1) is 7.51 Å². The van der Waals surface area contributed by atoms with Crippen molar-refractivity contribution < 1.29 is 0 Å². The third kappa shape index (κ3) is 1.57. The Hall–Kier alpha value is 0.480. The highest BCUT2D eigenvalue weighted by atomic mass is 32.4. The van der Waals surface area contributed by atoms with Crippen molar-refractivity contribution in [1.82, 2.24) is 4.67 Å². The standard InChI is InChI=1S/C9H16NPS/c1-7-9(10(7)11-12)8-5-3-2-4-6-8/h7-9H,2-6H2,1H3. The molecule has 3 unspecified atom stereocenters. The molecule has 0 radical (unpaired) electrons. The average Bonchev–Trinajstić information content (AvgIpc) is 2.78. The van der Waals surface area contributed by atoms with Crippen molar-refractivity contribution in [3.63, 3.8) is 0 Å². The van der Waals surface area contributed by atoms with Gasteiger partial charge in [0.1, 0.15) is 0 Å². The van der Waals surface area contributed by atoms with Crippen LogP contribution in [0, 0.1) is 5.92 Å². The summed E-state index contributed by atoms with van der Waals surface area (Å²) in [6.45, 7) is 2.32. The fourth-order valence-corrected chi connectivity index (χ4v) is 4.06. The predicted molar refractivity (Wildman–Crippen MR) is 55.9 cm³/mol. The summed E-state index contributed by atoms with van der Waals surface area (Å²) in [5.74, 6) is 0.976. The molecule has 0 bridgehead atoms. The highest BCUT2D eigenvalue weighted by Gasteiger charge is 2.47. The zero-order chi connectivity index (χ0) is 8.55. The molecule has 1 heterocycles. The molecule has 0 spiro atoms. The minimum absolute atomic E-state index is 0.785. The van der Waals surface area contributed by atoms with Gasteiger partial charge in [-0.25, -0.2) is 4.67 Å². The van der Waals surface area contributed by atoms with Crippen LogP contribution in [0.25, 0.3) is 0 Å². The highest BCUT2D eigenvalue weighted by Crippen LogP contribution is 2.44. The van der Waals surface area contributed by atoms with Gasteiger partial charge in [-0.1, -0.05) is 19.3 Å². The van der Waals surface area contributed by atoms with Gasteiger partial charge < -0.3 is 0 Å². The molecule has 1 aliphatic heterocycles. The molecule has 1 saturated heterocycles. The fraction of sp³-hybridized carbons (Fsp3) is 1.00. The van der Waals surface area contributed by atoms with E-state index in [1.807, 2.05) is 0 Å². The van der Waals surface area contributed by atoms with Gasteiger partial charge in [-0.15, -0.1) is 0 Å². The van der Waals surface area contributed by atoms with Crippen molar-refractivity contribution in [2.45, 2.75) is 51.1 Å². The van der Waals surface area contributed by atoms with E-state index in [9.17, 15) is 0 Å². The largest absolute Gasteiger partial charge is 0.239 e. The molecule has 0 aromatic carbocycles. The van der Waals surface area contributed by atoms with Crippen LogP contribution in [-0.2, 0) is 11.8 Å². The molecule has 0 amide bonds. The van der Waals surface area contributed by atoms with Gasteiger partial charge in [0.2, 0.25) is 0 Å². The fourth-order valence-electron chi connectivity index (χ4n) is 2.57. The molecule has 0 aromatic rings. The van der Waals surface area contributed by atoms with Gasteiger partial charge in [-0.3, -0.25) is 0 Å². The zero-order valence-corrected chi connectivity index (χ0v) is 9.28. The van der Waals surface area contributed by atoms with Crippen molar-refractivity contribution in [3.05, 3.63) is 0 Å². The summed E-state index contributed by atoms with van der Waals surface area (Å²) in [5.41, 5.74) is 0. The third-order valence-corrected chi connectivity index (χ3v) is 4.74. The van der Waals surface area contributed by atoms with E-state index in [1.54, 1.807) is 0 Å². The van der Waals surface area contributed by atoms with Gasteiger partial charge in [0.25, 0.3) is 0 Å². The quantitative estimate of drug-likeness (QED) is 0.499. The summed E-state index contributed by atoms with van der Waals surface area (Å²) in [6.07, 6.45) is 7.28. The molecule has 68 valence electrons. The minimum atomic E-state index is 0.785. The molecular weight excluding hydrogens is 185 g/mol. The number of hydrogen-bond acceptors (Lipinski definition) is 1. The van der Waals surface area contributed by atoms with E-state index in [4.69, 9.17) is 11.8 Å². The number of hydrogen-bond donors (Lipinski definition) is 0. The van der Waals surface area contributed by atoms with Crippen LogP contribution >= 0.6 is 7.51 Å². The second-order valence-corrected chi connectivity index (χ2v) is 5.21. The summed E-state index contributed by atoms with van der Waals surface area (Å²) in [4.78, 5) is 0.